The van der Waals surface area contributed by atoms with Crippen LogP contribution in [0.2, 0.25) is 0 Å². The lowest BCUT2D eigenvalue weighted by Crippen LogP contribution is -2.09. The predicted octanol–water partition coefficient (Wildman–Crippen LogP) is 3.74. The Hall–Kier alpha value is -3.53. The van der Waals surface area contributed by atoms with E-state index in [0.717, 1.165) is 11.8 Å². The number of nitriles is 2. The Morgan fingerprint density at radius 3 is 2.40 bits per heavy atom. The van der Waals surface area contributed by atoms with E-state index in [1.807, 2.05) is 36.4 Å². The number of hydrogen-bond donors (Lipinski definition) is 2. The van der Waals surface area contributed by atoms with Crippen molar-refractivity contribution in [1.29, 1.82) is 10.5 Å². The molecule has 0 fully saturated rings. The van der Waals surface area contributed by atoms with Crippen molar-refractivity contribution in [3.05, 3.63) is 71.3 Å². The highest BCUT2D eigenvalue weighted by Gasteiger charge is 2.20. The minimum Gasteiger partial charge on any atom is -0.383 e. The first-order valence-electron chi connectivity index (χ1n) is 8.71. The maximum absolute atomic E-state index is 11.4. The Labute approximate surface area is 179 Å². The van der Waals surface area contributed by atoms with Crippen LogP contribution in [0.25, 0.3) is 11.1 Å². The summed E-state index contributed by atoms with van der Waals surface area (Å²) in [6.07, 6.45) is 1.09. The molecule has 0 saturated heterocycles. The molecule has 30 heavy (non-hydrogen) atoms. The van der Waals surface area contributed by atoms with Crippen molar-refractivity contribution in [2.75, 3.05) is 16.7 Å². The molecule has 0 radical (unpaired) electrons. The number of nitrogens with one attached hydrogen (secondary N) is 1. The standard InChI is InChI=1S/C21H17N5O2S2/c1-30(27,28)26-16-9-5-6-14(10-16)13-29-21-18(12-23)19(15-7-3-2-4-8-15)17(11-22)20(24)25-21/h2-10,26H,13H2,1H3,(H2,24,25). The van der Waals surface area contributed by atoms with E-state index >= 15 is 0 Å². The molecule has 3 rings (SSSR count). The highest BCUT2D eigenvalue weighted by Crippen LogP contribution is 2.36. The molecule has 0 amide bonds. The van der Waals surface area contributed by atoms with Crippen LogP contribution in [0.1, 0.15) is 16.7 Å². The maximum Gasteiger partial charge on any atom is 0.229 e. The van der Waals surface area contributed by atoms with Crippen LogP contribution in [0.15, 0.2) is 59.6 Å². The first kappa shape index (κ1) is 21.2. The van der Waals surface area contributed by atoms with Gasteiger partial charge in [0.2, 0.25) is 10.0 Å². The lowest BCUT2D eigenvalue weighted by Gasteiger charge is -2.13. The monoisotopic (exact) mass is 435 g/mol. The van der Waals surface area contributed by atoms with E-state index in [1.54, 1.807) is 18.2 Å². The van der Waals surface area contributed by atoms with Gasteiger partial charge in [0, 0.05) is 17.0 Å². The second-order valence-corrected chi connectivity index (χ2v) is 9.09. The molecule has 1 heterocycles. The van der Waals surface area contributed by atoms with Crippen molar-refractivity contribution in [2.24, 2.45) is 0 Å². The fraction of sp³-hybridized carbons (Fsp3) is 0.0952. The molecule has 3 N–H and O–H groups in total. The van der Waals surface area contributed by atoms with Gasteiger partial charge in [0.1, 0.15) is 28.5 Å². The first-order valence-corrected chi connectivity index (χ1v) is 11.6. The van der Waals surface area contributed by atoms with Crippen LogP contribution in [-0.4, -0.2) is 19.7 Å². The highest BCUT2D eigenvalue weighted by molar-refractivity contribution is 7.98. The third-order valence-electron chi connectivity index (χ3n) is 4.08. The van der Waals surface area contributed by atoms with Crippen molar-refractivity contribution >= 4 is 33.3 Å². The number of pyridine rings is 1. The van der Waals surface area contributed by atoms with Crippen LogP contribution in [-0.2, 0) is 15.8 Å². The molecule has 150 valence electrons. The van der Waals surface area contributed by atoms with Gasteiger partial charge in [0.05, 0.1) is 11.8 Å². The second-order valence-electron chi connectivity index (χ2n) is 6.38. The molecule has 0 aliphatic carbocycles. The summed E-state index contributed by atoms with van der Waals surface area (Å²) >= 11 is 1.29. The largest absolute Gasteiger partial charge is 0.383 e. The van der Waals surface area contributed by atoms with Crippen LogP contribution >= 0.6 is 11.8 Å². The number of sulfonamides is 1. The molecular formula is C21H17N5O2S2. The minimum absolute atomic E-state index is 0.0605. The van der Waals surface area contributed by atoms with Crippen LogP contribution in [0.5, 0.6) is 0 Å². The van der Waals surface area contributed by atoms with Gasteiger partial charge < -0.3 is 5.73 Å². The zero-order chi connectivity index (χ0) is 21.7. The third kappa shape index (κ3) is 4.90. The Kier molecular flexibility index (Phi) is 6.26. The van der Waals surface area contributed by atoms with Crippen molar-refractivity contribution < 1.29 is 8.42 Å². The number of nitrogens with two attached hydrogens (primary N) is 1. The summed E-state index contributed by atoms with van der Waals surface area (Å²) in [5.74, 6) is 0.492. The van der Waals surface area contributed by atoms with E-state index in [1.165, 1.54) is 11.8 Å². The summed E-state index contributed by atoms with van der Waals surface area (Å²) in [6, 6.07) is 20.3. The SMILES string of the molecule is CS(=O)(=O)Nc1cccc(CSc2nc(N)c(C#N)c(-c3ccccc3)c2C#N)c1. The molecule has 3 aromatic rings. The summed E-state index contributed by atoms with van der Waals surface area (Å²) in [5.41, 5.74) is 8.93. The number of hydrogen-bond acceptors (Lipinski definition) is 7. The van der Waals surface area contributed by atoms with E-state index in [4.69, 9.17) is 5.73 Å². The maximum atomic E-state index is 11.4. The Morgan fingerprint density at radius 2 is 1.77 bits per heavy atom. The molecule has 0 spiro atoms. The van der Waals surface area contributed by atoms with Gasteiger partial charge in [0.25, 0.3) is 0 Å². The van der Waals surface area contributed by atoms with Crippen LogP contribution in [0.3, 0.4) is 0 Å². The van der Waals surface area contributed by atoms with E-state index in [2.05, 4.69) is 21.8 Å². The molecule has 1 aromatic heterocycles. The average molecular weight is 436 g/mol. The van der Waals surface area contributed by atoms with Crippen molar-refractivity contribution in [1.82, 2.24) is 4.98 Å². The van der Waals surface area contributed by atoms with Crippen LogP contribution in [0, 0.1) is 22.7 Å². The van der Waals surface area contributed by atoms with Crippen molar-refractivity contribution in [2.45, 2.75) is 10.8 Å². The van der Waals surface area contributed by atoms with Crippen LogP contribution in [0.4, 0.5) is 11.5 Å². The number of benzene rings is 2. The topological polar surface area (TPSA) is 133 Å². The van der Waals surface area contributed by atoms with Crippen LogP contribution < -0.4 is 10.5 Å². The van der Waals surface area contributed by atoms with Gasteiger partial charge in [0.15, 0.2) is 0 Å². The summed E-state index contributed by atoms with van der Waals surface area (Å²) in [5, 5.41) is 19.8. The van der Waals surface area contributed by atoms with Crippen molar-refractivity contribution in [3.8, 4) is 23.3 Å². The van der Waals surface area contributed by atoms with E-state index in [-0.39, 0.29) is 16.9 Å². The van der Waals surface area contributed by atoms with Gasteiger partial charge in [-0.05, 0) is 23.3 Å². The number of nitrogen functional groups attached to an aromatic ring is 1. The zero-order valence-electron chi connectivity index (χ0n) is 16.0. The first-order chi connectivity index (χ1) is 14.3. The molecule has 2 aromatic carbocycles. The average Bonchev–Trinajstić information content (AvgIpc) is 2.71. The van der Waals surface area contributed by atoms with E-state index < -0.39 is 10.0 Å². The summed E-state index contributed by atoms with van der Waals surface area (Å²) in [4.78, 5) is 4.28. The molecule has 0 aliphatic rings. The molecule has 0 bridgehead atoms. The van der Waals surface area contributed by atoms with Gasteiger partial charge in [-0.25, -0.2) is 13.4 Å². The molecular weight excluding hydrogens is 418 g/mol. The fourth-order valence-electron chi connectivity index (χ4n) is 2.89. The normalized spacial score (nSPS) is 10.8. The Morgan fingerprint density at radius 1 is 1.07 bits per heavy atom. The number of nitrogens with zero attached hydrogens (tertiary/aromatic N) is 3. The summed E-state index contributed by atoms with van der Waals surface area (Å²) in [6.45, 7) is 0. The highest BCUT2D eigenvalue weighted by atomic mass is 32.2. The summed E-state index contributed by atoms with van der Waals surface area (Å²) < 4.78 is 25.3. The molecule has 0 unspecified atom stereocenters. The third-order valence-corrected chi connectivity index (χ3v) is 5.74. The Bertz CT molecular complexity index is 1280. The molecule has 0 saturated carbocycles. The molecule has 7 nitrogen and oxygen atoms in total. The van der Waals surface area contributed by atoms with Gasteiger partial charge in [-0.2, -0.15) is 10.5 Å². The number of anilines is 2. The molecule has 0 atom stereocenters. The number of rotatable bonds is 6. The number of thioether (sulfide) groups is 1. The quantitative estimate of drug-likeness (QED) is 0.564. The summed E-state index contributed by atoms with van der Waals surface area (Å²) in [7, 11) is -3.38. The predicted molar refractivity (Wildman–Crippen MR) is 118 cm³/mol. The van der Waals surface area contributed by atoms with Gasteiger partial charge in [-0.15, -0.1) is 11.8 Å². The van der Waals surface area contributed by atoms with Crippen molar-refractivity contribution in [3.63, 3.8) is 0 Å². The van der Waals surface area contributed by atoms with Gasteiger partial charge >= 0.3 is 0 Å². The lowest BCUT2D eigenvalue weighted by molar-refractivity contribution is 0.607. The second kappa shape index (κ2) is 8.87. The molecule has 9 heteroatoms. The minimum atomic E-state index is -3.38. The fourth-order valence-corrected chi connectivity index (χ4v) is 4.38. The zero-order valence-corrected chi connectivity index (χ0v) is 17.6. The number of aromatic nitrogens is 1. The Balaban J connectivity index is 1.98. The van der Waals surface area contributed by atoms with Gasteiger partial charge in [-0.3, -0.25) is 4.72 Å². The van der Waals surface area contributed by atoms with E-state index in [0.29, 0.717) is 27.6 Å². The lowest BCUT2D eigenvalue weighted by atomic mass is 9.97. The smallest absolute Gasteiger partial charge is 0.229 e. The van der Waals surface area contributed by atoms with Gasteiger partial charge in [-0.1, -0.05) is 42.5 Å². The van der Waals surface area contributed by atoms with E-state index in [9.17, 15) is 18.9 Å². The molecule has 0 aliphatic heterocycles.